The molecule has 730 valence electrons. The average Bonchev–Trinajstić information content (AvgIpc) is 1.60. The van der Waals surface area contributed by atoms with Gasteiger partial charge in [-0.2, -0.15) is 26.3 Å². The molecule has 19 aromatic rings. The number of para-hydroxylation sites is 2. The van der Waals surface area contributed by atoms with Gasteiger partial charge in [0.15, 0.2) is 17.3 Å². The Morgan fingerprint density at radius 2 is 0.633 bits per heavy atom. The third-order valence-electron chi connectivity index (χ3n) is 25.0. The number of carbonyl (C=O) groups excluding carboxylic acids is 5. The number of rotatable bonds is 23. The van der Waals surface area contributed by atoms with E-state index in [-0.39, 0.29) is 42.1 Å². The normalized spacial score (nSPS) is 10.9. The molecule has 20 rings (SSSR count). The van der Waals surface area contributed by atoms with E-state index in [9.17, 15) is 50.3 Å². The van der Waals surface area contributed by atoms with Crippen LogP contribution in [0.3, 0.4) is 0 Å². The minimum Gasteiger partial charge on any atom is -0.497 e. The van der Waals surface area contributed by atoms with Gasteiger partial charge in [-0.1, -0.05) is 139 Å². The number of ether oxygens (including phenoxy) is 5. The first-order chi connectivity index (χ1) is 71.5. The lowest BCUT2D eigenvalue weighted by molar-refractivity contribution is -0.115. The number of furan rings is 1. The fourth-order valence-corrected chi connectivity index (χ4v) is 18.4. The summed E-state index contributed by atoms with van der Waals surface area (Å²) in [5, 5.41) is 69.2. The largest absolute Gasteiger partial charge is 0.497 e. The minimum absolute atomic E-state index is 0.0229. The number of aromatic nitrogens is 5. The van der Waals surface area contributed by atoms with Crippen molar-refractivity contribution in [3.8, 4) is 115 Å². The van der Waals surface area contributed by atoms with Gasteiger partial charge in [0.2, 0.25) is 12.7 Å². The van der Waals surface area contributed by atoms with Crippen LogP contribution in [0.25, 0.3) is 111 Å². The van der Waals surface area contributed by atoms with E-state index in [1.54, 1.807) is 118 Å². The quantitative estimate of drug-likeness (QED) is 0.0397. The standard InChI is InChI=1S/C25H19Cl2N3O2.C25H20ClN3O2.C25H19N3O3.C22H17N3O2.C21H21N3O2/c1-3-30-23-11-9-18(32-2)13-19(23)20(14-28)24(30)15-4-6-16(7-5-15)25(31)29-17-8-10-21(26)22(27)12-17;1-3-29-23-13-12-20(31-2)14-21(23)22(15-27)24(29)16-4-6-17(7-5-16)25(30)28-19-10-8-18(26)9-11-19;1-2-28-21-6-4-3-5-19(21)20(14-26)24(28)16-7-10-18(11-8-16)27-25(29)17-9-12-22-23(13-17)31-15-30-22;1-2-25-19-7-4-3-6-17(19)18(14-23)21(25)15-9-11-16(12-10-15)24-22(26)20-8-5-13-27-20;1-4-20(25)23-15-8-6-14(7-9-15)21-18(13-22)17-12-16(26-3)10-11-19(17)24(21)5-2/h4-13H,3H2,1-2H3,(H,29,31);4-14H,3H2,1-2H3,(H,28,30);3-13H,2,15H2,1H3,(H,27,29);3-13H,2H2,1H3,(H,24,26);6-12H,4-5H2,1-3H3,(H,23,25). The van der Waals surface area contributed by atoms with Gasteiger partial charge >= 0.3 is 0 Å². The van der Waals surface area contributed by atoms with Gasteiger partial charge in [-0.05, 0) is 263 Å². The second kappa shape index (κ2) is 46.1. The number of nitrogens with one attached hydrogen (secondary N) is 5. The van der Waals surface area contributed by atoms with Crippen molar-refractivity contribution < 1.29 is 52.1 Å². The highest BCUT2D eigenvalue weighted by Crippen LogP contribution is 2.43. The molecule has 147 heavy (non-hydrogen) atoms. The van der Waals surface area contributed by atoms with Crippen LogP contribution in [-0.2, 0) is 37.5 Å². The molecular formula is C118H96Cl3N15O11. The average molecular weight is 2010 g/mol. The number of nitrogens with zero attached hydrogens (tertiary/aromatic N) is 10. The molecule has 29 heteroatoms. The Balaban J connectivity index is 0.000000132. The van der Waals surface area contributed by atoms with E-state index in [1.807, 2.05) is 221 Å². The fourth-order valence-electron chi connectivity index (χ4n) is 18.0. The number of nitriles is 5. The zero-order valence-electron chi connectivity index (χ0n) is 81.4. The molecule has 0 saturated carbocycles. The first-order valence-corrected chi connectivity index (χ1v) is 48.2. The van der Waals surface area contributed by atoms with Gasteiger partial charge < -0.3 is 77.5 Å². The number of hydrogen-bond donors (Lipinski definition) is 5. The summed E-state index contributed by atoms with van der Waals surface area (Å²) in [6, 6.07) is 102. The van der Waals surface area contributed by atoms with Crippen molar-refractivity contribution in [2.75, 3.05) is 54.7 Å². The maximum atomic E-state index is 12.7. The third kappa shape index (κ3) is 21.5. The lowest BCUT2D eigenvalue weighted by Gasteiger charge is -2.10. The number of hydrogen-bond acceptors (Lipinski definition) is 16. The number of halogens is 3. The zero-order chi connectivity index (χ0) is 104. The van der Waals surface area contributed by atoms with Gasteiger partial charge in [0.25, 0.3) is 23.6 Å². The van der Waals surface area contributed by atoms with Crippen LogP contribution < -0.4 is 50.3 Å². The van der Waals surface area contributed by atoms with Crippen molar-refractivity contribution in [3.63, 3.8) is 0 Å². The van der Waals surface area contributed by atoms with Gasteiger partial charge in [-0.3, -0.25) is 24.0 Å². The lowest BCUT2D eigenvalue weighted by atomic mass is 10.0. The Hall–Kier alpha value is -18.5. The fraction of sp³-hybridized carbons (Fsp3) is 0.136. The van der Waals surface area contributed by atoms with E-state index in [2.05, 4.69) is 101 Å². The van der Waals surface area contributed by atoms with Crippen LogP contribution in [0.4, 0.5) is 28.4 Å². The number of anilines is 5. The van der Waals surface area contributed by atoms with Crippen molar-refractivity contribution in [3.05, 3.63) is 369 Å². The van der Waals surface area contributed by atoms with E-state index < -0.39 is 0 Å². The van der Waals surface area contributed by atoms with E-state index in [1.165, 1.54) is 6.26 Å². The Labute approximate surface area is 862 Å². The smallest absolute Gasteiger partial charge is 0.291 e. The predicted molar refractivity (Wildman–Crippen MR) is 578 cm³/mol. The molecule has 0 unspecified atom stereocenters. The second-order valence-corrected chi connectivity index (χ2v) is 34.6. The topological polar surface area (TPSA) is 348 Å². The molecule has 0 bridgehead atoms. The summed E-state index contributed by atoms with van der Waals surface area (Å²) in [5.74, 6) is 2.57. The molecule has 1 aliphatic heterocycles. The van der Waals surface area contributed by atoms with E-state index >= 15 is 0 Å². The van der Waals surface area contributed by atoms with Crippen molar-refractivity contribution in [2.45, 2.75) is 80.7 Å². The van der Waals surface area contributed by atoms with Gasteiger partial charge in [0.05, 0.1) is 110 Å². The first-order valence-electron chi connectivity index (χ1n) is 47.1. The number of carbonyl (C=O) groups is 5. The summed E-state index contributed by atoms with van der Waals surface area (Å²) >= 11 is 17.8. The van der Waals surface area contributed by atoms with Crippen LogP contribution in [0.5, 0.6) is 28.7 Å². The summed E-state index contributed by atoms with van der Waals surface area (Å²) < 4.78 is 42.3. The molecule has 1 aliphatic rings. The Morgan fingerprint density at radius 1 is 0.313 bits per heavy atom. The molecule has 0 fully saturated rings. The third-order valence-corrected chi connectivity index (χ3v) is 26.0. The van der Waals surface area contributed by atoms with Crippen LogP contribution in [0, 0.1) is 56.7 Å². The monoisotopic (exact) mass is 2000 g/mol. The van der Waals surface area contributed by atoms with Crippen molar-refractivity contribution in [2.24, 2.45) is 0 Å². The number of methoxy groups -OCH3 is 3. The molecular weight excluding hydrogens is 1910 g/mol. The van der Waals surface area contributed by atoms with Crippen LogP contribution in [0.2, 0.25) is 15.1 Å². The molecule has 0 spiro atoms. The molecule has 6 aromatic heterocycles. The van der Waals surface area contributed by atoms with Gasteiger partial charge in [0.1, 0.15) is 47.6 Å². The summed E-state index contributed by atoms with van der Waals surface area (Å²) in [4.78, 5) is 61.5. The SMILES string of the molecule is CCC(=O)Nc1ccc(-c2c(C#N)c3cc(OC)ccc3n2CC)cc1.CCn1c(-c2ccc(C(=O)Nc3ccc(Cl)c(Cl)c3)cc2)c(C#N)c2cc(OC)ccc21.CCn1c(-c2ccc(C(=O)Nc3ccc(Cl)cc3)cc2)c(C#N)c2cc(OC)ccc21.CCn1c(-c2ccc(NC(=O)c3ccc4c(c3)OCO4)cc2)c(C#N)c2ccccc21.CCn1c(-c2ccc(NC(=O)c3ccco3)cc2)c(C#N)c2ccccc21. The minimum atomic E-state index is -0.298. The van der Waals surface area contributed by atoms with E-state index in [0.29, 0.717) is 125 Å². The predicted octanol–water partition coefficient (Wildman–Crippen LogP) is 27.7. The van der Waals surface area contributed by atoms with Crippen LogP contribution >= 0.6 is 34.8 Å². The molecule has 5 N–H and O–H groups in total. The number of amides is 5. The van der Waals surface area contributed by atoms with Crippen LogP contribution in [0.1, 0.15) is 117 Å². The molecule has 5 amide bonds. The Morgan fingerprint density at radius 3 is 0.986 bits per heavy atom. The summed E-state index contributed by atoms with van der Waals surface area (Å²) in [6.45, 7) is 15.9. The zero-order valence-corrected chi connectivity index (χ0v) is 83.7. The summed E-state index contributed by atoms with van der Waals surface area (Å²) in [6.07, 6.45) is 1.90. The summed E-state index contributed by atoms with van der Waals surface area (Å²) in [7, 11) is 4.83. The first kappa shape index (κ1) is 101. The lowest BCUT2D eigenvalue weighted by Crippen LogP contribution is -2.11. The maximum Gasteiger partial charge on any atom is 0.291 e. The maximum absolute atomic E-state index is 12.7. The number of aryl methyl sites for hydroxylation is 5. The molecule has 13 aromatic carbocycles. The highest BCUT2D eigenvalue weighted by atomic mass is 35.5. The second-order valence-electron chi connectivity index (χ2n) is 33.4. The van der Waals surface area contributed by atoms with Crippen molar-refractivity contribution >= 4 is 147 Å². The Bertz CT molecular complexity index is 8440. The van der Waals surface area contributed by atoms with Crippen LogP contribution in [-0.4, -0.2) is 80.5 Å². The van der Waals surface area contributed by atoms with Gasteiger partial charge in [-0.15, -0.1) is 0 Å². The van der Waals surface area contributed by atoms with Crippen LogP contribution in [0.15, 0.2) is 308 Å². The molecule has 0 atom stereocenters. The molecule has 7 heterocycles. The van der Waals surface area contributed by atoms with Crippen molar-refractivity contribution in [1.29, 1.82) is 26.3 Å². The summed E-state index contributed by atoms with van der Waals surface area (Å²) in [5.41, 5.74) is 21.8. The van der Waals surface area contributed by atoms with Crippen molar-refractivity contribution in [1.82, 2.24) is 22.8 Å². The highest BCUT2D eigenvalue weighted by molar-refractivity contribution is 6.42. The van der Waals surface area contributed by atoms with Gasteiger partial charge in [0, 0.05) is 127 Å². The van der Waals surface area contributed by atoms with E-state index in [0.717, 1.165) is 142 Å². The Kier molecular flexibility index (Phi) is 31.8. The molecule has 26 nitrogen and oxygen atoms in total. The highest BCUT2D eigenvalue weighted by Gasteiger charge is 2.27. The molecule has 0 radical (unpaired) electrons. The number of fused-ring (bicyclic) bond motifs is 6. The molecule has 0 aliphatic carbocycles. The molecule has 0 saturated heterocycles. The van der Waals surface area contributed by atoms with Gasteiger partial charge in [-0.25, -0.2) is 0 Å². The van der Waals surface area contributed by atoms with E-state index in [4.69, 9.17) is 62.9 Å². The number of benzene rings is 13.